The fraction of sp³-hybridized carbons (Fsp3) is 0.375. The Morgan fingerprint density at radius 2 is 2.30 bits per heavy atom. The van der Waals surface area contributed by atoms with Crippen molar-refractivity contribution in [2.75, 3.05) is 13.1 Å². The summed E-state index contributed by atoms with van der Waals surface area (Å²) >= 11 is 0. The Hall–Kier alpha value is -2.70. The lowest BCUT2D eigenvalue weighted by atomic mass is 9.97. The molecule has 7 heteroatoms. The molecular weight excluding hydrogens is 294 g/mol. The summed E-state index contributed by atoms with van der Waals surface area (Å²) in [7, 11) is 0. The molecule has 1 aromatic carbocycles. The van der Waals surface area contributed by atoms with Gasteiger partial charge in [0, 0.05) is 24.4 Å². The van der Waals surface area contributed by atoms with E-state index >= 15 is 0 Å². The second-order valence-electron chi connectivity index (χ2n) is 5.85. The summed E-state index contributed by atoms with van der Waals surface area (Å²) in [5.74, 6) is 1.16. The highest BCUT2D eigenvalue weighted by atomic mass is 16.5. The lowest BCUT2D eigenvalue weighted by Crippen LogP contribution is -2.40. The van der Waals surface area contributed by atoms with Gasteiger partial charge >= 0.3 is 0 Å². The molecule has 0 aliphatic carbocycles. The van der Waals surface area contributed by atoms with Gasteiger partial charge in [-0.05, 0) is 25.0 Å². The van der Waals surface area contributed by atoms with Crippen LogP contribution in [-0.4, -0.2) is 44.2 Å². The predicted octanol–water partition coefficient (Wildman–Crippen LogP) is 1.89. The summed E-state index contributed by atoms with van der Waals surface area (Å²) < 4.78 is 5.27. The quantitative estimate of drug-likeness (QED) is 0.798. The van der Waals surface area contributed by atoms with Crippen LogP contribution in [0.5, 0.6) is 0 Å². The first kappa shape index (κ1) is 13.9. The average molecular weight is 311 g/mol. The molecule has 0 radical (unpaired) electrons. The Balaban J connectivity index is 1.48. The zero-order valence-corrected chi connectivity index (χ0v) is 12.6. The SMILES string of the molecule is O=C(Cc1noc2ccccc12)N1CCCC(c2ncn[nH]2)C1. The number of rotatable bonds is 3. The van der Waals surface area contributed by atoms with Crippen LogP contribution in [0, 0.1) is 0 Å². The van der Waals surface area contributed by atoms with Gasteiger partial charge < -0.3 is 9.42 Å². The van der Waals surface area contributed by atoms with Crippen molar-refractivity contribution in [1.29, 1.82) is 0 Å². The standard InChI is InChI=1S/C16H17N5O2/c22-15(8-13-12-5-1-2-6-14(12)23-20-13)21-7-3-4-11(9-21)16-17-10-18-19-16/h1-2,5-6,10-11H,3-4,7-9H2,(H,17,18,19). The maximum atomic E-state index is 12.6. The van der Waals surface area contributed by atoms with Crippen LogP contribution in [-0.2, 0) is 11.2 Å². The van der Waals surface area contributed by atoms with E-state index in [4.69, 9.17) is 4.52 Å². The number of para-hydroxylation sites is 1. The molecule has 1 N–H and O–H groups in total. The van der Waals surface area contributed by atoms with E-state index in [-0.39, 0.29) is 18.2 Å². The number of nitrogens with one attached hydrogen (secondary N) is 1. The topological polar surface area (TPSA) is 87.9 Å². The summed E-state index contributed by atoms with van der Waals surface area (Å²) in [5.41, 5.74) is 1.42. The van der Waals surface area contributed by atoms with E-state index in [1.54, 1.807) is 0 Å². The fourth-order valence-electron chi connectivity index (χ4n) is 3.16. The number of hydrogen-bond acceptors (Lipinski definition) is 5. The lowest BCUT2D eigenvalue weighted by molar-refractivity contribution is -0.131. The molecule has 1 unspecified atom stereocenters. The molecule has 0 spiro atoms. The molecule has 3 aromatic rings. The summed E-state index contributed by atoms with van der Waals surface area (Å²) in [5, 5.41) is 11.8. The first-order valence-electron chi connectivity index (χ1n) is 7.77. The second kappa shape index (κ2) is 5.83. The Morgan fingerprint density at radius 1 is 1.39 bits per heavy atom. The Labute approximate surface area is 132 Å². The summed E-state index contributed by atoms with van der Waals surface area (Å²) in [6, 6.07) is 7.61. The summed E-state index contributed by atoms with van der Waals surface area (Å²) in [6.07, 6.45) is 3.76. The van der Waals surface area contributed by atoms with Crippen molar-refractivity contribution in [3.63, 3.8) is 0 Å². The summed E-state index contributed by atoms with van der Waals surface area (Å²) in [4.78, 5) is 18.7. The maximum absolute atomic E-state index is 12.6. The van der Waals surface area contributed by atoms with Gasteiger partial charge in [-0.2, -0.15) is 5.10 Å². The monoisotopic (exact) mass is 311 g/mol. The number of fused-ring (bicyclic) bond motifs is 1. The molecule has 1 amide bonds. The van der Waals surface area contributed by atoms with Crippen LogP contribution in [0.25, 0.3) is 11.0 Å². The molecule has 2 aromatic heterocycles. The molecule has 1 aliphatic rings. The lowest BCUT2D eigenvalue weighted by Gasteiger charge is -2.31. The van der Waals surface area contributed by atoms with Gasteiger partial charge in [-0.15, -0.1) is 0 Å². The van der Waals surface area contributed by atoms with E-state index < -0.39 is 0 Å². The number of amides is 1. The van der Waals surface area contributed by atoms with E-state index in [1.165, 1.54) is 6.33 Å². The molecular formula is C16H17N5O2. The van der Waals surface area contributed by atoms with Gasteiger partial charge in [0.2, 0.25) is 5.91 Å². The molecule has 1 saturated heterocycles. The largest absolute Gasteiger partial charge is 0.356 e. The van der Waals surface area contributed by atoms with E-state index in [0.29, 0.717) is 17.8 Å². The third kappa shape index (κ3) is 2.69. The fourth-order valence-corrected chi connectivity index (χ4v) is 3.16. The van der Waals surface area contributed by atoms with Crippen molar-refractivity contribution < 1.29 is 9.32 Å². The van der Waals surface area contributed by atoms with Crippen molar-refractivity contribution >= 4 is 16.9 Å². The van der Waals surface area contributed by atoms with Crippen LogP contribution in [0.2, 0.25) is 0 Å². The first-order chi connectivity index (χ1) is 11.3. The van der Waals surface area contributed by atoms with Crippen molar-refractivity contribution in [3.05, 3.63) is 42.1 Å². The highest BCUT2D eigenvalue weighted by molar-refractivity contribution is 5.86. The van der Waals surface area contributed by atoms with Gasteiger partial charge in [-0.1, -0.05) is 17.3 Å². The third-order valence-electron chi connectivity index (χ3n) is 4.37. The van der Waals surface area contributed by atoms with Gasteiger partial charge in [0.05, 0.1) is 6.42 Å². The number of H-pyrrole nitrogens is 1. The van der Waals surface area contributed by atoms with Crippen LogP contribution in [0.1, 0.15) is 30.3 Å². The van der Waals surface area contributed by atoms with Crippen molar-refractivity contribution in [1.82, 2.24) is 25.2 Å². The van der Waals surface area contributed by atoms with Gasteiger partial charge in [-0.25, -0.2) is 4.98 Å². The summed E-state index contributed by atoms with van der Waals surface area (Å²) in [6.45, 7) is 1.45. The van der Waals surface area contributed by atoms with Gasteiger partial charge in [0.15, 0.2) is 5.58 Å². The zero-order valence-electron chi connectivity index (χ0n) is 12.6. The Morgan fingerprint density at radius 3 is 3.17 bits per heavy atom. The van der Waals surface area contributed by atoms with E-state index in [1.807, 2.05) is 29.2 Å². The van der Waals surface area contributed by atoms with Crippen LogP contribution in [0.3, 0.4) is 0 Å². The van der Waals surface area contributed by atoms with Gasteiger partial charge in [-0.3, -0.25) is 9.89 Å². The molecule has 0 saturated carbocycles. The maximum Gasteiger partial charge on any atom is 0.228 e. The molecule has 1 fully saturated rings. The molecule has 7 nitrogen and oxygen atoms in total. The molecule has 0 bridgehead atoms. The molecule has 118 valence electrons. The molecule has 3 heterocycles. The van der Waals surface area contributed by atoms with Crippen LogP contribution in [0.15, 0.2) is 35.1 Å². The van der Waals surface area contributed by atoms with Crippen molar-refractivity contribution in [3.8, 4) is 0 Å². The Bertz CT molecular complexity index is 811. The average Bonchev–Trinajstić information content (AvgIpc) is 3.25. The normalized spacial score (nSPS) is 18.4. The number of hydrogen-bond donors (Lipinski definition) is 1. The number of benzene rings is 1. The van der Waals surface area contributed by atoms with Gasteiger partial charge in [0.25, 0.3) is 0 Å². The first-order valence-corrected chi connectivity index (χ1v) is 7.77. The molecule has 23 heavy (non-hydrogen) atoms. The van der Waals surface area contributed by atoms with E-state index in [2.05, 4.69) is 20.3 Å². The number of nitrogens with zero attached hydrogens (tertiary/aromatic N) is 4. The molecule has 4 rings (SSSR count). The highest BCUT2D eigenvalue weighted by Crippen LogP contribution is 2.25. The number of likely N-dealkylation sites (tertiary alicyclic amines) is 1. The highest BCUT2D eigenvalue weighted by Gasteiger charge is 2.27. The van der Waals surface area contributed by atoms with Crippen molar-refractivity contribution in [2.24, 2.45) is 0 Å². The second-order valence-corrected chi connectivity index (χ2v) is 5.85. The smallest absolute Gasteiger partial charge is 0.228 e. The molecule has 1 atom stereocenters. The van der Waals surface area contributed by atoms with Crippen LogP contribution in [0.4, 0.5) is 0 Å². The number of piperidine rings is 1. The predicted molar refractivity (Wildman–Crippen MR) is 82.7 cm³/mol. The van der Waals surface area contributed by atoms with Gasteiger partial charge in [0.1, 0.15) is 17.8 Å². The Kier molecular flexibility index (Phi) is 3.53. The minimum absolute atomic E-state index is 0.0771. The number of carbonyl (C=O) groups excluding carboxylic acids is 1. The third-order valence-corrected chi connectivity index (χ3v) is 4.37. The number of carbonyl (C=O) groups is 1. The number of aromatic nitrogens is 4. The minimum atomic E-state index is 0.0771. The van der Waals surface area contributed by atoms with Crippen LogP contribution < -0.4 is 0 Å². The van der Waals surface area contributed by atoms with E-state index in [0.717, 1.165) is 30.6 Å². The van der Waals surface area contributed by atoms with Crippen molar-refractivity contribution in [2.45, 2.75) is 25.2 Å². The minimum Gasteiger partial charge on any atom is -0.356 e. The zero-order chi connectivity index (χ0) is 15.6. The van der Waals surface area contributed by atoms with Crippen LogP contribution >= 0.6 is 0 Å². The molecule has 1 aliphatic heterocycles. The van der Waals surface area contributed by atoms with E-state index in [9.17, 15) is 4.79 Å². The number of aromatic amines is 1.